The van der Waals surface area contributed by atoms with E-state index in [2.05, 4.69) is 22.1 Å². The van der Waals surface area contributed by atoms with Gasteiger partial charge in [-0.3, -0.25) is 0 Å². The van der Waals surface area contributed by atoms with E-state index in [0.29, 0.717) is 0 Å². The van der Waals surface area contributed by atoms with Crippen LogP contribution in [0.5, 0.6) is 0 Å². The topological polar surface area (TPSA) is 45.5 Å². The molecule has 1 aliphatic rings. The number of amides is 2. The average Bonchev–Trinajstić information content (AvgIpc) is 3.19. The third-order valence-corrected chi connectivity index (χ3v) is 4.67. The van der Waals surface area contributed by atoms with E-state index >= 15 is 0 Å². The smallest absolute Gasteiger partial charge is 0.318 e. The largest absolute Gasteiger partial charge is 0.464 e. The molecule has 2 aromatic rings. The molecule has 1 fully saturated rings. The summed E-state index contributed by atoms with van der Waals surface area (Å²) in [6, 6.07) is 6.03. The molecule has 0 bridgehead atoms. The molecule has 1 aliphatic heterocycles. The van der Waals surface area contributed by atoms with Crippen molar-refractivity contribution in [3.05, 3.63) is 46.0 Å². The van der Waals surface area contributed by atoms with Gasteiger partial charge in [0.05, 0.1) is 12.1 Å². The van der Waals surface area contributed by atoms with E-state index in [1.807, 2.05) is 30.9 Å². The molecule has 1 saturated heterocycles. The van der Waals surface area contributed by atoms with E-state index in [0.717, 1.165) is 30.9 Å². The van der Waals surface area contributed by atoms with Crippen LogP contribution in [0.4, 0.5) is 4.79 Å². The molecule has 0 saturated carbocycles. The van der Waals surface area contributed by atoms with Gasteiger partial charge in [0.15, 0.2) is 0 Å². The van der Waals surface area contributed by atoms with Crippen LogP contribution in [0.2, 0.25) is 0 Å². The normalized spacial score (nSPS) is 19.7. The molecule has 5 heteroatoms. The number of furan rings is 1. The van der Waals surface area contributed by atoms with Gasteiger partial charge in [0, 0.05) is 6.54 Å². The highest BCUT2D eigenvalue weighted by Gasteiger charge is 2.31. The van der Waals surface area contributed by atoms with Crippen molar-refractivity contribution in [2.24, 2.45) is 0 Å². The Labute approximate surface area is 128 Å². The summed E-state index contributed by atoms with van der Waals surface area (Å²) < 4.78 is 5.58. The van der Waals surface area contributed by atoms with Gasteiger partial charge in [-0.15, -0.1) is 0 Å². The van der Waals surface area contributed by atoms with Crippen LogP contribution in [0, 0.1) is 6.92 Å². The van der Waals surface area contributed by atoms with Gasteiger partial charge in [-0.05, 0) is 61.2 Å². The van der Waals surface area contributed by atoms with Gasteiger partial charge in [0.1, 0.15) is 11.5 Å². The third kappa shape index (κ3) is 2.97. The van der Waals surface area contributed by atoms with Crippen molar-refractivity contribution < 1.29 is 9.21 Å². The van der Waals surface area contributed by atoms with Crippen LogP contribution < -0.4 is 5.32 Å². The number of thiophene rings is 1. The fourth-order valence-corrected chi connectivity index (χ4v) is 3.55. The first-order valence-electron chi connectivity index (χ1n) is 7.30. The zero-order chi connectivity index (χ0) is 14.8. The molecular formula is C16H20N2O2S. The number of nitrogens with one attached hydrogen (secondary N) is 1. The third-order valence-electron chi connectivity index (χ3n) is 3.97. The van der Waals surface area contributed by atoms with E-state index in [4.69, 9.17) is 4.42 Å². The molecule has 21 heavy (non-hydrogen) atoms. The summed E-state index contributed by atoms with van der Waals surface area (Å²) >= 11 is 1.68. The Morgan fingerprint density at radius 2 is 2.33 bits per heavy atom. The van der Waals surface area contributed by atoms with Gasteiger partial charge in [-0.2, -0.15) is 11.3 Å². The lowest BCUT2D eigenvalue weighted by Crippen LogP contribution is -2.40. The minimum absolute atomic E-state index is 0.00902. The lowest BCUT2D eigenvalue weighted by atomic mass is 10.1. The zero-order valence-corrected chi connectivity index (χ0v) is 13.2. The standard InChI is InChI=1S/C16H20N2O2S/c1-11-5-6-15(20-11)12(2)17-16(19)18-8-3-4-14(18)13-7-9-21-10-13/h5-7,9-10,12,14H,3-4,8H2,1-2H3,(H,17,19). The van der Waals surface area contributed by atoms with E-state index in [-0.39, 0.29) is 18.1 Å². The van der Waals surface area contributed by atoms with E-state index in [1.165, 1.54) is 5.56 Å². The van der Waals surface area contributed by atoms with Gasteiger partial charge < -0.3 is 14.6 Å². The predicted molar refractivity (Wildman–Crippen MR) is 83.4 cm³/mol. The van der Waals surface area contributed by atoms with Crippen molar-refractivity contribution in [3.8, 4) is 0 Å². The summed E-state index contributed by atoms with van der Waals surface area (Å²) in [6.07, 6.45) is 2.10. The van der Waals surface area contributed by atoms with Crippen molar-refractivity contribution in [2.45, 2.75) is 38.8 Å². The van der Waals surface area contributed by atoms with Gasteiger partial charge in [0.25, 0.3) is 0 Å². The Hall–Kier alpha value is -1.75. The molecule has 0 aliphatic carbocycles. The van der Waals surface area contributed by atoms with Gasteiger partial charge in [-0.25, -0.2) is 4.79 Å². The Morgan fingerprint density at radius 3 is 3.00 bits per heavy atom. The van der Waals surface area contributed by atoms with Crippen molar-refractivity contribution in [2.75, 3.05) is 6.54 Å². The van der Waals surface area contributed by atoms with Crippen LogP contribution in [0.1, 0.15) is 48.9 Å². The number of aryl methyl sites for hydroxylation is 1. The molecule has 0 aromatic carbocycles. The quantitative estimate of drug-likeness (QED) is 0.921. The molecule has 112 valence electrons. The predicted octanol–water partition coefficient (Wildman–Crippen LogP) is 4.26. The SMILES string of the molecule is Cc1ccc(C(C)NC(=O)N2CCCC2c2ccsc2)o1. The maximum Gasteiger partial charge on any atom is 0.318 e. The molecule has 0 spiro atoms. The molecule has 1 N–H and O–H groups in total. The fraction of sp³-hybridized carbons (Fsp3) is 0.438. The highest BCUT2D eigenvalue weighted by Crippen LogP contribution is 2.33. The Balaban J connectivity index is 1.67. The number of urea groups is 1. The number of rotatable bonds is 3. The first-order chi connectivity index (χ1) is 10.1. The second kappa shape index (κ2) is 5.93. The molecule has 3 rings (SSSR count). The maximum atomic E-state index is 12.5. The number of likely N-dealkylation sites (tertiary alicyclic amines) is 1. The average molecular weight is 304 g/mol. The van der Waals surface area contributed by atoms with E-state index in [1.54, 1.807) is 11.3 Å². The number of hydrogen-bond donors (Lipinski definition) is 1. The molecule has 3 heterocycles. The highest BCUT2D eigenvalue weighted by atomic mass is 32.1. The number of nitrogens with zero attached hydrogens (tertiary/aromatic N) is 1. The van der Waals surface area contributed by atoms with Crippen molar-refractivity contribution in [1.29, 1.82) is 0 Å². The number of hydrogen-bond acceptors (Lipinski definition) is 3. The maximum absolute atomic E-state index is 12.5. The number of carbonyl (C=O) groups is 1. The molecule has 4 nitrogen and oxygen atoms in total. The van der Waals surface area contributed by atoms with Crippen LogP contribution in [-0.4, -0.2) is 17.5 Å². The van der Waals surface area contributed by atoms with E-state index in [9.17, 15) is 4.79 Å². The molecule has 2 amide bonds. The summed E-state index contributed by atoms with van der Waals surface area (Å²) in [5.74, 6) is 1.66. The first-order valence-corrected chi connectivity index (χ1v) is 8.25. The Morgan fingerprint density at radius 1 is 1.48 bits per heavy atom. The Kier molecular flexibility index (Phi) is 4.01. The summed E-state index contributed by atoms with van der Waals surface area (Å²) in [7, 11) is 0. The lowest BCUT2D eigenvalue weighted by molar-refractivity contribution is 0.188. The molecule has 2 unspecified atom stereocenters. The molecule has 2 atom stereocenters. The summed E-state index contributed by atoms with van der Waals surface area (Å²) in [5.41, 5.74) is 1.24. The lowest BCUT2D eigenvalue weighted by Gasteiger charge is -2.26. The van der Waals surface area contributed by atoms with Gasteiger partial charge in [-0.1, -0.05) is 0 Å². The minimum Gasteiger partial charge on any atom is -0.464 e. The van der Waals surface area contributed by atoms with Crippen LogP contribution in [0.3, 0.4) is 0 Å². The van der Waals surface area contributed by atoms with E-state index < -0.39 is 0 Å². The van der Waals surface area contributed by atoms with Crippen molar-refractivity contribution >= 4 is 17.4 Å². The zero-order valence-electron chi connectivity index (χ0n) is 12.3. The molecule has 2 aromatic heterocycles. The fourth-order valence-electron chi connectivity index (χ4n) is 2.85. The van der Waals surface area contributed by atoms with Crippen molar-refractivity contribution in [1.82, 2.24) is 10.2 Å². The minimum atomic E-state index is -0.116. The summed E-state index contributed by atoms with van der Waals surface area (Å²) in [4.78, 5) is 14.5. The van der Waals surface area contributed by atoms with Crippen LogP contribution in [0.25, 0.3) is 0 Å². The second-order valence-corrected chi connectivity index (χ2v) is 6.31. The monoisotopic (exact) mass is 304 g/mol. The van der Waals surface area contributed by atoms with Crippen molar-refractivity contribution in [3.63, 3.8) is 0 Å². The van der Waals surface area contributed by atoms with Crippen LogP contribution in [0.15, 0.2) is 33.4 Å². The Bertz CT molecular complexity index is 606. The second-order valence-electron chi connectivity index (χ2n) is 5.53. The summed E-state index contributed by atoms with van der Waals surface area (Å²) in [5, 5.41) is 7.24. The van der Waals surface area contributed by atoms with Gasteiger partial charge >= 0.3 is 6.03 Å². The van der Waals surface area contributed by atoms with Crippen LogP contribution in [-0.2, 0) is 0 Å². The number of carbonyl (C=O) groups excluding carboxylic acids is 1. The highest BCUT2D eigenvalue weighted by molar-refractivity contribution is 7.07. The van der Waals surface area contributed by atoms with Gasteiger partial charge in [0.2, 0.25) is 0 Å². The molecule has 0 radical (unpaired) electrons. The summed E-state index contributed by atoms with van der Waals surface area (Å²) in [6.45, 7) is 4.67. The van der Waals surface area contributed by atoms with Crippen LogP contribution >= 0.6 is 11.3 Å². The first kappa shape index (κ1) is 14.2. The molecular weight excluding hydrogens is 284 g/mol.